The number of hydrogen-bond donors (Lipinski definition) is 2. The quantitative estimate of drug-likeness (QED) is 0.805. The normalized spacial score (nSPS) is 17.0. The number of aliphatic hydroxyl groups is 1. The van der Waals surface area contributed by atoms with Crippen molar-refractivity contribution in [1.29, 1.82) is 0 Å². The molecule has 116 valence electrons. The Bertz CT molecular complexity index is 661. The summed E-state index contributed by atoms with van der Waals surface area (Å²) < 4.78 is 1.65. The predicted octanol–water partition coefficient (Wildman–Crippen LogP) is 2.90. The van der Waals surface area contributed by atoms with Crippen molar-refractivity contribution in [3.8, 4) is 10.6 Å². The van der Waals surface area contributed by atoms with E-state index in [4.69, 9.17) is 5.11 Å². The van der Waals surface area contributed by atoms with E-state index in [0.29, 0.717) is 24.7 Å². The lowest BCUT2D eigenvalue weighted by molar-refractivity contribution is -0.116. The maximum Gasteiger partial charge on any atom is 0.226 e. The molecule has 1 aliphatic rings. The van der Waals surface area contributed by atoms with Gasteiger partial charge in [-0.25, -0.2) is 4.68 Å². The van der Waals surface area contributed by atoms with E-state index in [-0.39, 0.29) is 12.5 Å². The fourth-order valence-electron chi connectivity index (χ4n) is 2.62. The standard InChI is InChI=1S/C16H19N3O2S/c20-8-7-19-15(11-13(18-19)14-6-3-9-22-14)17-16(21)10-12-4-1-2-5-12/h1,3-4,6,9,11-12,20H,2,5,7-8,10H2,(H,17,21). The molecular formula is C16H19N3O2S. The van der Waals surface area contributed by atoms with Crippen molar-refractivity contribution in [2.45, 2.75) is 25.8 Å². The van der Waals surface area contributed by atoms with Gasteiger partial charge in [-0.1, -0.05) is 18.2 Å². The van der Waals surface area contributed by atoms with E-state index >= 15 is 0 Å². The lowest BCUT2D eigenvalue weighted by Gasteiger charge is -2.10. The summed E-state index contributed by atoms with van der Waals surface area (Å²) in [7, 11) is 0. The number of aliphatic hydroxyl groups excluding tert-OH is 1. The average molecular weight is 317 g/mol. The molecule has 5 nitrogen and oxygen atoms in total. The minimum absolute atomic E-state index is 0.00614. The molecule has 0 saturated heterocycles. The Balaban J connectivity index is 1.73. The number of allylic oxidation sites excluding steroid dienone is 2. The molecule has 0 fully saturated rings. The Morgan fingerprint density at radius 1 is 1.55 bits per heavy atom. The highest BCUT2D eigenvalue weighted by atomic mass is 32.1. The van der Waals surface area contributed by atoms with Crippen LogP contribution in [0.5, 0.6) is 0 Å². The summed E-state index contributed by atoms with van der Waals surface area (Å²) in [5, 5.41) is 18.6. The Hall–Kier alpha value is -1.92. The van der Waals surface area contributed by atoms with Crippen LogP contribution in [0.3, 0.4) is 0 Å². The van der Waals surface area contributed by atoms with E-state index < -0.39 is 0 Å². The van der Waals surface area contributed by atoms with E-state index in [2.05, 4.69) is 22.6 Å². The zero-order chi connectivity index (χ0) is 15.4. The van der Waals surface area contributed by atoms with Gasteiger partial charge >= 0.3 is 0 Å². The zero-order valence-corrected chi connectivity index (χ0v) is 13.1. The van der Waals surface area contributed by atoms with Crippen molar-refractivity contribution >= 4 is 23.1 Å². The molecule has 1 aliphatic carbocycles. The van der Waals surface area contributed by atoms with Gasteiger partial charge in [0.15, 0.2) is 0 Å². The van der Waals surface area contributed by atoms with Crippen LogP contribution in [0.4, 0.5) is 5.82 Å². The van der Waals surface area contributed by atoms with Gasteiger partial charge in [-0.2, -0.15) is 5.10 Å². The second kappa shape index (κ2) is 6.89. The first kappa shape index (κ1) is 15.0. The molecule has 2 heterocycles. The molecule has 1 atom stereocenters. The fraction of sp³-hybridized carbons (Fsp3) is 0.375. The Morgan fingerprint density at radius 3 is 3.14 bits per heavy atom. The van der Waals surface area contributed by atoms with Crippen molar-refractivity contribution in [2.24, 2.45) is 5.92 Å². The van der Waals surface area contributed by atoms with Gasteiger partial charge in [-0.15, -0.1) is 11.3 Å². The SMILES string of the molecule is O=C(CC1C=CCC1)Nc1cc(-c2cccs2)nn1CCO. The largest absolute Gasteiger partial charge is 0.394 e. The van der Waals surface area contributed by atoms with Gasteiger partial charge in [0.1, 0.15) is 11.5 Å². The topological polar surface area (TPSA) is 67.2 Å². The molecule has 2 aromatic heterocycles. The summed E-state index contributed by atoms with van der Waals surface area (Å²) in [6.07, 6.45) is 6.84. The maximum atomic E-state index is 12.2. The smallest absolute Gasteiger partial charge is 0.226 e. The second-order valence-electron chi connectivity index (χ2n) is 5.36. The van der Waals surface area contributed by atoms with Gasteiger partial charge in [0.2, 0.25) is 5.91 Å². The molecule has 0 bridgehead atoms. The number of amides is 1. The van der Waals surface area contributed by atoms with Crippen LogP contribution in [-0.2, 0) is 11.3 Å². The predicted molar refractivity (Wildman–Crippen MR) is 87.7 cm³/mol. The van der Waals surface area contributed by atoms with E-state index in [1.165, 1.54) is 0 Å². The first-order chi connectivity index (χ1) is 10.8. The van der Waals surface area contributed by atoms with Crippen molar-refractivity contribution in [3.05, 3.63) is 35.7 Å². The van der Waals surface area contributed by atoms with E-state index in [1.54, 1.807) is 16.0 Å². The van der Waals surface area contributed by atoms with Crippen LogP contribution in [0.1, 0.15) is 19.3 Å². The van der Waals surface area contributed by atoms with E-state index in [0.717, 1.165) is 23.4 Å². The van der Waals surface area contributed by atoms with Crippen molar-refractivity contribution in [2.75, 3.05) is 11.9 Å². The third-order valence-corrected chi connectivity index (χ3v) is 4.59. The van der Waals surface area contributed by atoms with Gasteiger partial charge in [-0.3, -0.25) is 4.79 Å². The second-order valence-corrected chi connectivity index (χ2v) is 6.30. The van der Waals surface area contributed by atoms with Crippen LogP contribution < -0.4 is 5.32 Å². The van der Waals surface area contributed by atoms with Crippen LogP contribution in [0.2, 0.25) is 0 Å². The van der Waals surface area contributed by atoms with Crippen molar-refractivity contribution in [1.82, 2.24) is 9.78 Å². The molecule has 22 heavy (non-hydrogen) atoms. The average Bonchev–Trinajstić information content (AvgIpc) is 3.21. The van der Waals surface area contributed by atoms with Crippen LogP contribution in [0, 0.1) is 5.92 Å². The van der Waals surface area contributed by atoms with E-state index in [1.807, 2.05) is 23.6 Å². The first-order valence-corrected chi connectivity index (χ1v) is 8.33. The Morgan fingerprint density at radius 2 is 2.45 bits per heavy atom. The van der Waals surface area contributed by atoms with Crippen LogP contribution in [-0.4, -0.2) is 27.4 Å². The molecule has 1 unspecified atom stereocenters. The third-order valence-electron chi connectivity index (χ3n) is 3.69. The van der Waals surface area contributed by atoms with Gasteiger partial charge in [-0.05, 0) is 30.2 Å². The number of carbonyl (C=O) groups excluding carboxylic acids is 1. The molecule has 1 amide bonds. The molecule has 0 aromatic carbocycles. The van der Waals surface area contributed by atoms with Gasteiger partial charge < -0.3 is 10.4 Å². The highest BCUT2D eigenvalue weighted by Crippen LogP contribution is 2.27. The summed E-state index contributed by atoms with van der Waals surface area (Å²) in [4.78, 5) is 13.2. The highest BCUT2D eigenvalue weighted by Gasteiger charge is 2.17. The number of rotatable bonds is 6. The van der Waals surface area contributed by atoms with Crippen molar-refractivity contribution < 1.29 is 9.90 Å². The van der Waals surface area contributed by atoms with Crippen LogP contribution in [0.15, 0.2) is 35.7 Å². The molecule has 0 spiro atoms. The molecular weight excluding hydrogens is 298 g/mol. The molecule has 3 rings (SSSR count). The van der Waals surface area contributed by atoms with Crippen LogP contribution in [0.25, 0.3) is 10.6 Å². The number of carbonyl (C=O) groups is 1. The Kier molecular flexibility index (Phi) is 4.70. The molecule has 0 radical (unpaired) electrons. The van der Waals surface area contributed by atoms with E-state index in [9.17, 15) is 4.79 Å². The van der Waals surface area contributed by atoms with Crippen LogP contribution >= 0.6 is 11.3 Å². The van der Waals surface area contributed by atoms with Gasteiger partial charge in [0, 0.05) is 12.5 Å². The third kappa shape index (κ3) is 3.45. The lowest BCUT2D eigenvalue weighted by atomic mass is 10.1. The Labute approximate surface area is 133 Å². The number of aromatic nitrogens is 2. The highest BCUT2D eigenvalue weighted by molar-refractivity contribution is 7.13. The molecule has 6 heteroatoms. The molecule has 0 aliphatic heterocycles. The first-order valence-electron chi connectivity index (χ1n) is 7.45. The zero-order valence-electron chi connectivity index (χ0n) is 12.2. The number of nitrogens with one attached hydrogen (secondary N) is 1. The minimum Gasteiger partial charge on any atom is -0.394 e. The minimum atomic E-state index is -0.0141. The summed E-state index contributed by atoms with van der Waals surface area (Å²) in [5.74, 6) is 0.976. The van der Waals surface area contributed by atoms with Gasteiger partial charge in [0.05, 0.1) is 18.0 Å². The summed E-state index contributed by atoms with van der Waals surface area (Å²) in [6.45, 7) is 0.351. The lowest BCUT2D eigenvalue weighted by Crippen LogP contribution is -2.18. The number of anilines is 1. The number of thiophene rings is 1. The number of hydrogen-bond acceptors (Lipinski definition) is 4. The van der Waals surface area contributed by atoms with Crippen molar-refractivity contribution in [3.63, 3.8) is 0 Å². The number of nitrogens with zero attached hydrogens (tertiary/aromatic N) is 2. The summed E-state index contributed by atoms with van der Waals surface area (Å²) in [5.41, 5.74) is 0.819. The summed E-state index contributed by atoms with van der Waals surface area (Å²) in [6, 6.07) is 5.82. The maximum absolute atomic E-state index is 12.2. The molecule has 2 aromatic rings. The van der Waals surface area contributed by atoms with Gasteiger partial charge in [0.25, 0.3) is 0 Å². The molecule has 0 saturated carbocycles. The fourth-order valence-corrected chi connectivity index (χ4v) is 3.31. The molecule has 2 N–H and O–H groups in total. The summed E-state index contributed by atoms with van der Waals surface area (Å²) >= 11 is 1.60. The monoisotopic (exact) mass is 317 g/mol.